The van der Waals surface area contributed by atoms with Gasteiger partial charge in [0.25, 0.3) is 5.69 Å². The zero-order chi connectivity index (χ0) is 25.3. The summed E-state index contributed by atoms with van der Waals surface area (Å²) in [6, 6.07) is 5.44. The lowest BCUT2D eigenvalue weighted by Crippen LogP contribution is -2.39. The van der Waals surface area contributed by atoms with Crippen molar-refractivity contribution >= 4 is 17.7 Å². The van der Waals surface area contributed by atoms with Gasteiger partial charge in [-0.25, -0.2) is 9.59 Å². The van der Waals surface area contributed by atoms with Crippen LogP contribution in [0, 0.1) is 22.5 Å². The number of nitro benzene ring substituents is 1. The van der Waals surface area contributed by atoms with E-state index in [9.17, 15) is 19.7 Å². The Bertz CT molecular complexity index is 1040. The van der Waals surface area contributed by atoms with Gasteiger partial charge in [-0.15, -0.1) is 12.3 Å². The molecule has 0 saturated carbocycles. The second-order valence-electron chi connectivity index (χ2n) is 8.32. The molecule has 1 unspecified atom stereocenters. The van der Waals surface area contributed by atoms with E-state index in [1.807, 2.05) is 0 Å². The Morgan fingerprint density at radius 2 is 1.79 bits per heavy atom. The number of rotatable bonds is 11. The fraction of sp³-hybridized carbons (Fsp3) is 0.462. The lowest BCUT2D eigenvalue weighted by Gasteiger charge is -2.36. The quantitative estimate of drug-likeness (QED) is 0.151. The van der Waals surface area contributed by atoms with E-state index in [2.05, 4.69) is 12.8 Å². The normalized spacial score (nSPS) is 15.8. The van der Waals surface area contributed by atoms with Crippen molar-refractivity contribution in [3.05, 3.63) is 62.5 Å². The van der Waals surface area contributed by atoms with E-state index in [1.54, 1.807) is 32.0 Å². The first-order chi connectivity index (χ1) is 16.3. The molecule has 8 heteroatoms. The first kappa shape index (κ1) is 26.7. The highest BCUT2D eigenvalue weighted by Gasteiger charge is 2.40. The van der Waals surface area contributed by atoms with Crippen LogP contribution in [-0.2, 0) is 9.53 Å². The number of primary amides is 1. The molecule has 0 saturated heterocycles. The number of esters is 1. The number of allylic oxidation sites excluding steroid dienone is 3. The van der Waals surface area contributed by atoms with Crippen LogP contribution in [0.25, 0.3) is 0 Å². The molecule has 0 bridgehead atoms. The molecule has 0 spiro atoms. The summed E-state index contributed by atoms with van der Waals surface area (Å²) in [5.74, 6) is 1.08. The third-order valence-corrected chi connectivity index (χ3v) is 6.07. The highest BCUT2D eigenvalue weighted by Crippen LogP contribution is 2.45. The minimum absolute atomic E-state index is 0.0772. The molecule has 2 N–H and O–H groups in total. The van der Waals surface area contributed by atoms with Gasteiger partial charge in [-0.05, 0) is 25.8 Å². The number of ether oxygens (including phenoxy) is 1. The third kappa shape index (κ3) is 6.04. The summed E-state index contributed by atoms with van der Waals surface area (Å²) in [4.78, 5) is 38.1. The predicted octanol–water partition coefficient (Wildman–Crippen LogP) is 5.55. The van der Waals surface area contributed by atoms with Crippen LogP contribution >= 0.6 is 0 Å². The van der Waals surface area contributed by atoms with Gasteiger partial charge in [0.05, 0.1) is 17.1 Å². The minimum atomic E-state index is -0.828. The van der Waals surface area contributed by atoms with Gasteiger partial charge in [0, 0.05) is 35.4 Å². The second kappa shape index (κ2) is 12.6. The predicted molar refractivity (Wildman–Crippen MR) is 130 cm³/mol. The molecule has 0 fully saturated rings. The number of para-hydroxylation sites is 1. The lowest BCUT2D eigenvalue weighted by molar-refractivity contribution is -0.385. The van der Waals surface area contributed by atoms with E-state index in [-0.39, 0.29) is 30.0 Å². The highest BCUT2D eigenvalue weighted by atomic mass is 16.6. The number of benzene rings is 1. The minimum Gasteiger partial charge on any atom is -0.462 e. The second-order valence-corrected chi connectivity index (χ2v) is 8.32. The third-order valence-electron chi connectivity index (χ3n) is 6.07. The maximum atomic E-state index is 13.3. The van der Waals surface area contributed by atoms with Crippen LogP contribution in [0.1, 0.15) is 77.2 Å². The number of amides is 2. The highest BCUT2D eigenvalue weighted by molar-refractivity contribution is 5.94. The smallest absolute Gasteiger partial charge is 0.336 e. The number of hydrogen-bond donors (Lipinski definition) is 1. The monoisotopic (exact) mass is 467 g/mol. The van der Waals surface area contributed by atoms with Crippen LogP contribution in [-0.4, -0.2) is 28.4 Å². The van der Waals surface area contributed by atoms with Crippen molar-refractivity contribution in [3.63, 3.8) is 0 Å². The van der Waals surface area contributed by atoms with E-state index in [1.165, 1.54) is 17.4 Å². The molecular formula is C26H33N3O5. The molecule has 1 aromatic carbocycles. The van der Waals surface area contributed by atoms with Crippen molar-refractivity contribution in [2.45, 2.75) is 71.6 Å². The summed E-state index contributed by atoms with van der Waals surface area (Å²) in [6.45, 7) is 5.62. The molecule has 0 aromatic heterocycles. The molecule has 0 aliphatic carbocycles. The van der Waals surface area contributed by atoms with E-state index >= 15 is 0 Å². The van der Waals surface area contributed by atoms with E-state index < -0.39 is 22.8 Å². The number of terminal acetylenes is 1. The molecule has 1 aromatic rings. The van der Waals surface area contributed by atoms with Gasteiger partial charge in [-0.3, -0.25) is 15.0 Å². The molecule has 34 heavy (non-hydrogen) atoms. The largest absolute Gasteiger partial charge is 0.462 e. The molecule has 2 amide bonds. The van der Waals surface area contributed by atoms with Gasteiger partial charge < -0.3 is 10.5 Å². The van der Waals surface area contributed by atoms with Crippen molar-refractivity contribution in [2.75, 3.05) is 6.61 Å². The lowest BCUT2D eigenvalue weighted by atomic mass is 9.78. The number of carbonyl (C=O) groups excluding carboxylic acids is 2. The van der Waals surface area contributed by atoms with Crippen molar-refractivity contribution < 1.29 is 19.2 Å². The number of urea groups is 1. The van der Waals surface area contributed by atoms with E-state index in [0.29, 0.717) is 23.3 Å². The van der Waals surface area contributed by atoms with Crippen molar-refractivity contribution in [1.29, 1.82) is 0 Å². The number of hydrogen-bond acceptors (Lipinski definition) is 5. The first-order valence-electron chi connectivity index (χ1n) is 11.6. The Morgan fingerprint density at radius 3 is 2.41 bits per heavy atom. The topological polar surface area (TPSA) is 116 Å². The summed E-state index contributed by atoms with van der Waals surface area (Å²) < 4.78 is 5.58. The first-order valence-corrected chi connectivity index (χ1v) is 11.6. The summed E-state index contributed by atoms with van der Waals surface area (Å²) >= 11 is 0. The molecule has 1 aliphatic rings. The van der Waals surface area contributed by atoms with Crippen LogP contribution in [0.3, 0.4) is 0 Å². The standard InChI is InChI=1S/C26H33N3O5/c1-5-7-8-9-10-13-17-34-25(30)23-19(4)28(26(27)31)18(3)20(14-6-2)24(23)21-15-11-12-16-22(21)29(32)33/h2,11-12,15-16,24H,5,7-10,13-14,17H2,1,3-4H3,(H2,27,31). The average molecular weight is 468 g/mol. The zero-order valence-corrected chi connectivity index (χ0v) is 20.1. The van der Waals surface area contributed by atoms with Gasteiger partial charge in [0.2, 0.25) is 0 Å². The number of nitrogens with two attached hydrogens (primary N) is 1. The Balaban J connectivity index is 2.48. The SMILES string of the molecule is C#CCC1=C(C)N(C(N)=O)C(C)=C(C(=O)OCCCCCCCC)C1c1ccccc1[N+](=O)[O-]. The molecule has 182 valence electrons. The number of nitrogens with zero attached hydrogens (tertiary/aromatic N) is 2. The van der Waals surface area contributed by atoms with Gasteiger partial charge in [0.15, 0.2) is 0 Å². The maximum Gasteiger partial charge on any atom is 0.336 e. The van der Waals surface area contributed by atoms with Gasteiger partial charge >= 0.3 is 12.0 Å². The van der Waals surface area contributed by atoms with Gasteiger partial charge in [-0.1, -0.05) is 57.2 Å². The molecule has 8 nitrogen and oxygen atoms in total. The van der Waals surface area contributed by atoms with Gasteiger partial charge in [-0.2, -0.15) is 0 Å². The Kier molecular flexibility index (Phi) is 9.87. The molecule has 2 rings (SSSR count). The molecular weight excluding hydrogens is 434 g/mol. The fourth-order valence-corrected chi connectivity index (χ4v) is 4.41. The van der Waals surface area contributed by atoms with E-state index in [0.717, 1.165) is 25.7 Å². The molecule has 1 atom stereocenters. The van der Waals surface area contributed by atoms with Crippen LogP contribution in [0.2, 0.25) is 0 Å². The van der Waals surface area contributed by atoms with Crippen LogP contribution in [0.15, 0.2) is 46.8 Å². The van der Waals surface area contributed by atoms with Crippen LogP contribution < -0.4 is 5.73 Å². The molecule has 1 heterocycles. The van der Waals surface area contributed by atoms with Crippen LogP contribution in [0.5, 0.6) is 0 Å². The summed E-state index contributed by atoms with van der Waals surface area (Å²) in [6.07, 6.45) is 11.9. The zero-order valence-electron chi connectivity index (χ0n) is 20.1. The Hall–Kier alpha value is -3.60. The van der Waals surface area contributed by atoms with Crippen molar-refractivity contribution in [1.82, 2.24) is 4.90 Å². The number of unbranched alkanes of at least 4 members (excludes halogenated alkanes) is 5. The maximum absolute atomic E-state index is 13.3. The fourth-order valence-electron chi connectivity index (χ4n) is 4.41. The average Bonchev–Trinajstić information content (AvgIpc) is 2.79. The van der Waals surface area contributed by atoms with Crippen molar-refractivity contribution in [3.8, 4) is 12.3 Å². The van der Waals surface area contributed by atoms with E-state index in [4.69, 9.17) is 16.9 Å². The molecule has 1 aliphatic heterocycles. The van der Waals surface area contributed by atoms with Gasteiger partial charge in [0.1, 0.15) is 0 Å². The summed E-state index contributed by atoms with van der Waals surface area (Å²) in [7, 11) is 0. The Morgan fingerprint density at radius 1 is 1.15 bits per heavy atom. The number of nitro groups is 1. The summed E-state index contributed by atoms with van der Waals surface area (Å²) in [5.41, 5.74) is 7.18. The van der Waals surface area contributed by atoms with Crippen molar-refractivity contribution in [2.24, 2.45) is 5.73 Å². The summed E-state index contributed by atoms with van der Waals surface area (Å²) in [5, 5.41) is 11.8. The Labute approximate surface area is 201 Å². The molecule has 0 radical (unpaired) electrons. The van der Waals surface area contributed by atoms with Crippen LogP contribution in [0.4, 0.5) is 10.5 Å². The number of carbonyl (C=O) groups is 2.